The second-order valence-corrected chi connectivity index (χ2v) is 9.02. The van der Waals surface area contributed by atoms with Gasteiger partial charge in [-0.1, -0.05) is 67.9 Å². The minimum Gasteiger partial charge on any atom is -0.495 e. The van der Waals surface area contributed by atoms with Crippen molar-refractivity contribution in [3.8, 4) is 5.75 Å². The van der Waals surface area contributed by atoms with E-state index in [1.54, 1.807) is 7.11 Å². The average molecular weight is 435 g/mol. The molecule has 3 aromatic rings. The minimum absolute atomic E-state index is 0.485. The summed E-state index contributed by atoms with van der Waals surface area (Å²) in [5.74, 6) is 2.21. The lowest BCUT2D eigenvalue weighted by molar-refractivity contribution is 0.415. The van der Waals surface area contributed by atoms with Crippen LogP contribution < -0.4 is 15.0 Å². The van der Waals surface area contributed by atoms with E-state index in [1.165, 1.54) is 16.8 Å². The Bertz CT molecular complexity index is 1010. The SMILES string of the molecule is COc1cc(N(C[C@H]2CNCC2c2cccc(C(C)C)c2)c2ccccc2)ccc1Cl. The second kappa shape index (κ2) is 9.76. The van der Waals surface area contributed by atoms with Crippen LogP contribution >= 0.6 is 11.6 Å². The third-order valence-electron chi connectivity index (χ3n) is 6.28. The number of anilines is 2. The van der Waals surface area contributed by atoms with Gasteiger partial charge in [-0.25, -0.2) is 0 Å². The highest BCUT2D eigenvalue weighted by Gasteiger charge is 2.31. The lowest BCUT2D eigenvalue weighted by Gasteiger charge is -2.31. The van der Waals surface area contributed by atoms with Crippen LogP contribution in [0.15, 0.2) is 72.8 Å². The van der Waals surface area contributed by atoms with Crippen molar-refractivity contribution in [3.05, 3.63) is 88.9 Å². The second-order valence-electron chi connectivity index (χ2n) is 8.61. The van der Waals surface area contributed by atoms with Gasteiger partial charge >= 0.3 is 0 Å². The number of hydrogen-bond acceptors (Lipinski definition) is 3. The smallest absolute Gasteiger partial charge is 0.139 e. The number of rotatable bonds is 7. The Balaban J connectivity index is 1.66. The summed E-state index contributed by atoms with van der Waals surface area (Å²) in [6, 6.07) is 25.7. The standard InChI is InChI=1S/C27H31ClN2O/c1-19(2)20-8-7-9-21(14-20)25-17-29-16-22(25)18-30(23-10-5-4-6-11-23)24-12-13-26(28)27(15-24)31-3/h4-15,19,22,25,29H,16-18H2,1-3H3/t22-,25?/m1/s1. The van der Waals surface area contributed by atoms with Crippen LogP contribution in [0.4, 0.5) is 11.4 Å². The lowest BCUT2D eigenvalue weighted by atomic mass is 9.86. The lowest BCUT2D eigenvalue weighted by Crippen LogP contribution is -2.29. The third kappa shape index (κ3) is 4.89. The molecule has 0 bridgehead atoms. The maximum atomic E-state index is 6.31. The Labute approximate surface area is 191 Å². The maximum Gasteiger partial charge on any atom is 0.139 e. The number of benzene rings is 3. The predicted octanol–water partition coefficient (Wildman–Crippen LogP) is 6.61. The molecule has 1 heterocycles. The van der Waals surface area contributed by atoms with E-state index in [0.717, 1.165) is 25.3 Å². The molecule has 2 atom stereocenters. The fourth-order valence-electron chi connectivity index (χ4n) is 4.48. The number of para-hydroxylation sites is 1. The van der Waals surface area contributed by atoms with Crippen LogP contribution in [0.1, 0.15) is 36.8 Å². The van der Waals surface area contributed by atoms with Gasteiger partial charge in [-0.3, -0.25) is 0 Å². The first-order valence-corrected chi connectivity index (χ1v) is 11.4. The van der Waals surface area contributed by atoms with Gasteiger partial charge in [-0.2, -0.15) is 0 Å². The highest BCUT2D eigenvalue weighted by molar-refractivity contribution is 6.32. The molecule has 0 aliphatic carbocycles. The molecule has 1 fully saturated rings. The van der Waals surface area contributed by atoms with Crippen LogP contribution in [0, 0.1) is 5.92 Å². The Morgan fingerprint density at radius 2 is 1.77 bits per heavy atom. The van der Waals surface area contributed by atoms with Gasteiger partial charge in [0.1, 0.15) is 5.75 Å². The number of nitrogens with zero attached hydrogens (tertiary/aromatic N) is 1. The maximum absolute atomic E-state index is 6.31. The molecule has 1 unspecified atom stereocenters. The van der Waals surface area contributed by atoms with Crippen LogP contribution in [0.2, 0.25) is 5.02 Å². The summed E-state index contributed by atoms with van der Waals surface area (Å²) < 4.78 is 5.50. The Morgan fingerprint density at radius 3 is 2.52 bits per heavy atom. The van der Waals surface area contributed by atoms with E-state index in [-0.39, 0.29) is 0 Å². The van der Waals surface area contributed by atoms with Crippen LogP contribution in [-0.2, 0) is 0 Å². The Hall–Kier alpha value is -2.49. The molecule has 0 amide bonds. The molecule has 4 heteroatoms. The number of nitrogens with one attached hydrogen (secondary N) is 1. The number of methoxy groups -OCH3 is 1. The van der Waals surface area contributed by atoms with E-state index >= 15 is 0 Å². The predicted molar refractivity (Wildman–Crippen MR) is 131 cm³/mol. The molecule has 0 radical (unpaired) electrons. The van der Waals surface area contributed by atoms with Crippen molar-refractivity contribution < 1.29 is 4.74 Å². The van der Waals surface area contributed by atoms with Gasteiger partial charge in [0.05, 0.1) is 12.1 Å². The summed E-state index contributed by atoms with van der Waals surface area (Å²) in [5, 5.41) is 4.27. The zero-order chi connectivity index (χ0) is 21.8. The quantitative estimate of drug-likeness (QED) is 0.452. The van der Waals surface area contributed by atoms with Crippen molar-refractivity contribution in [1.29, 1.82) is 0 Å². The van der Waals surface area contributed by atoms with E-state index in [2.05, 4.69) is 84.7 Å². The molecular weight excluding hydrogens is 404 g/mol. The molecule has 1 N–H and O–H groups in total. The van der Waals surface area contributed by atoms with Crippen molar-refractivity contribution in [2.45, 2.75) is 25.7 Å². The molecule has 3 nitrogen and oxygen atoms in total. The van der Waals surface area contributed by atoms with Gasteiger partial charge in [0.2, 0.25) is 0 Å². The summed E-state index contributed by atoms with van der Waals surface area (Å²) in [6.07, 6.45) is 0. The van der Waals surface area contributed by atoms with E-state index < -0.39 is 0 Å². The monoisotopic (exact) mass is 434 g/mol. The molecule has 1 aliphatic rings. The van der Waals surface area contributed by atoms with E-state index in [0.29, 0.717) is 28.5 Å². The van der Waals surface area contributed by atoms with Crippen LogP contribution in [0.3, 0.4) is 0 Å². The van der Waals surface area contributed by atoms with Crippen LogP contribution in [0.5, 0.6) is 5.75 Å². The van der Waals surface area contributed by atoms with Gasteiger partial charge < -0.3 is 15.0 Å². The first-order chi connectivity index (χ1) is 15.1. The molecule has 0 spiro atoms. The number of ether oxygens (including phenoxy) is 1. The summed E-state index contributed by atoms with van der Waals surface area (Å²) in [5.41, 5.74) is 5.11. The van der Waals surface area contributed by atoms with Crippen molar-refractivity contribution in [1.82, 2.24) is 5.32 Å². The summed E-state index contributed by atoms with van der Waals surface area (Å²) >= 11 is 6.31. The van der Waals surface area contributed by atoms with E-state index in [1.807, 2.05) is 12.1 Å². The van der Waals surface area contributed by atoms with Crippen LogP contribution in [-0.4, -0.2) is 26.7 Å². The first-order valence-electron chi connectivity index (χ1n) is 11.0. The fourth-order valence-corrected chi connectivity index (χ4v) is 4.68. The molecule has 3 aromatic carbocycles. The fraction of sp³-hybridized carbons (Fsp3) is 0.333. The summed E-state index contributed by atoms with van der Waals surface area (Å²) in [7, 11) is 1.66. The Kier molecular flexibility index (Phi) is 6.84. The van der Waals surface area contributed by atoms with Crippen molar-refractivity contribution in [2.75, 3.05) is 31.6 Å². The average Bonchev–Trinajstić information content (AvgIpc) is 3.27. The van der Waals surface area contributed by atoms with Gasteiger partial charge in [0.25, 0.3) is 0 Å². The van der Waals surface area contributed by atoms with Crippen molar-refractivity contribution in [3.63, 3.8) is 0 Å². The molecular formula is C27H31ClN2O. The zero-order valence-electron chi connectivity index (χ0n) is 18.5. The molecule has 1 saturated heterocycles. The highest BCUT2D eigenvalue weighted by atomic mass is 35.5. The van der Waals surface area contributed by atoms with Crippen LogP contribution in [0.25, 0.3) is 0 Å². The third-order valence-corrected chi connectivity index (χ3v) is 6.59. The Morgan fingerprint density at radius 1 is 0.968 bits per heavy atom. The van der Waals surface area contributed by atoms with Gasteiger partial charge in [-0.05, 0) is 47.2 Å². The number of hydrogen-bond donors (Lipinski definition) is 1. The number of halogens is 1. The zero-order valence-corrected chi connectivity index (χ0v) is 19.3. The topological polar surface area (TPSA) is 24.5 Å². The van der Waals surface area contributed by atoms with E-state index in [9.17, 15) is 0 Å². The minimum atomic E-state index is 0.485. The normalized spacial score (nSPS) is 18.4. The molecule has 1 aliphatic heterocycles. The van der Waals surface area contributed by atoms with Gasteiger partial charge in [-0.15, -0.1) is 0 Å². The van der Waals surface area contributed by atoms with Gasteiger partial charge in [0.15, 0.2) is 0 Å². The van der Waals surface area contributed by atoms with Crippen molar-refractivity contribution in [2.24, 2.45) is 5.92 Å². The molecule has 0 saturated carbocycles. The molecule has 4 rings (SSSR count). The molecule has 162 valence electrons. The molecule has 31 heavy (non-hydrogen) atoms. The van der Waals surface area contributed by atoms with E-state index in [4.69, 9.17) is 16.3 Å². The highest BCUT2D eigenvalue weighted by Crippen LogP contribution is 2.37. The largest absolute Gasteiger partial charge is 0.495 e. The van der Waals surface area contributed by atoms with Gasteiger partial charge in [0, 0.05) is 43.0 Å². The summed E-state index contributed by atoms with van der Waals surface area (Å²) in [4.78, 5) is 2.38. The first kappa shape index (κ1) is 21.7. The van der Waals surface area contributed by atoms with Crippen molar-refractivity contribution >= 4 is 23.0 Å². The summed E-state index contributed by atoms with van der Waals surface area (Å²) in [6.45, 7) is 7.45. The molecule has 0 aromatic heterocycles.